The summed E-state index contributed by atoms with van der Waals surface area (Å²) in [6.45, 7) is 3.13. The molecule has 0 aromatic heterocycles. The van der Waals surface area contributed by atoms with Gasteiger partial charge in [-0.15, -0.1) is 0 Å². The monoisotopic (exact) mass is 395 g/mol. The fourth-order valence-electron chi connectivity index (χ4n) is 1.55. The highest BCUT2D eigenvalue weighted by Crippen LogP contribution is 2.29. The number of halogens is 2. The van der Waals surface area contributed by atoms with Crippen LogP contribution < -0.4 is 0 Å². The molecule has 0 aromatic rings. The van der Waals surface area contributed by atoms with Crippen LogP contribution >= 0.6 is 38.5 Å². The second-order valence-electron chi connectivity index (χ2n) is 3.34. The average molecular weight is 396 g/mol. The first kappa shape index (κ1) is 12.1. The maximum absolute atomic E-state index is 7.77. The number of nitrogens with one attached hydrogen (secondary N) is 1. The highest BCUT2D eigenvalue weighted by molar-refractivity contribution is 14.1. The summed E-state index contributed by atoms with van der Waals surface area (Å²) in [7, 11) is 0. The number of hydrogen-bond acceptors (Lipinski definition) is 4. The Bertz CT molecular complexity index is 416. The van der Waals surface area contributed by atoms with E-state index in [0.29, 0.717) is 6.61 Å². The van der Waals surface area contributed by atoms with Crippen molar-refractivity contribution in [2.45, 2.75) is 11.9 Å². The summed E-state index contributed by atoms with van der Waals surface area (Å²) in [5.74, 6) is 1.18. The summed E-state index contributed by atoms with van der Waals surface area (Å²) in [6, 6.07) is 0. The van der Waals surface area contributed by atoms with E-state index in [1.165, 1.54) is 0 Å². The van der Waals surface area contributed by atoms with Crippen LogP contribution in [0.1, 0.15) is 6.92 Å². The predicted molar refractivity (Wildman–Crippen MR) is 76.4 cm³/mol. The second-order valence-corrected chi connectivity index (χ2v) is 5.56. The van der Waals surface area contributed by atoms with Gasteiger partial charge in [-0.1, -0.05) is 15.9 Å². The number of amidine groups is 1. The molecule has 0 aromatic carbocycles. The summed E-state index contributed by atoms with van der Waals surface area (Å²) in [5.41, 5.74) is 0.788. The molecule has 1 unspecified atom stereocenters. The molecule has 2 rings (SSSR count). The van der Waals surface area contributed by atoms with Crippen molar-refractivity contribution < 1.29 is 4.74 Å². The summed E-state index contributed by atoms with van der Waals surface area (Å²) in [4.78, 5) is 6.64. The molecule has 2 aliphatic heterocycles. The van der Waals surface area contributed by atoms with Crippen molar-refractivity contribution in [1.82, 2.24) is 4.90 Å². The third kappa shape index (κ3) is 2.17. The maximum Gasteiger partial charge on any atom is 0.214 e. The smallest absolute Gasteiger partial charge is 0.214 e. The number of nitrogens with zero attached hydrogens (tertiary/aromatic N) is 2. The Balaban J connectivity index is 2.26. The van der Waals surface area contributed by atoms with Gasteiger partial charge >= 0.3 is 0 Å². The molecule has 0 amide bonds. The fourth-order valence-corrected chi connectivity index (χ4v) is 2.79. The third-order valence-corrected chi connectivity index (χ3v) is 3.79. The highest BCUT2D eigenvalue weighted by Gasteiger charge is 2.29. The lowest BCUT2D eigenvalue weighted by Gasteiger charge is -2.24. The van der Waals surface area contributed by atoms with Gasteiger partial charge in [-0.05, 0) is 35.6 Å². The SMILES string of the molecule is CCOC(=N)C1=CN2C(=NCC2Br)C(I)=C1. The number of fused-ring (bicyclic) bond motifs is 1. The van der Waals surface area contributed by atoms with Crippen molar-refractivity contribution in [2.75, 3.05) is 13.2 Å². The lowest BCUT2D eigenvalue weighted by atomic mass is 10.2. The Hall–Kier alpha value is -0.370. The predicted octanol–water partition coefficient (Wildman–Crippen LogP) is 2.65. The number of hydrogen-bond donors (Lipinski definition) is 1. The zero-order valence-electron chi connectivity index (χ0n) is 8.70. The lowest BCUT2D eigenvalue weighted by Crippen LogP contribution is -2.31. The Morgan fingerprint density at radius 1 is 1.81 bits per heavy atom. The largest absolute Gasteiger partial charge is 0.478 e. The number of alkyl halides is 1. The quantitative estimate of drug-likeness (QED) is 0.257. The second kappa shape index (κ2) is 4.87. The van der Waals surface area contributed by atoms with Gasteiger partial charge in [-0.2, -0.15) is 0 Å². The number of ether oxygens (including phenoxy) is 1. The van der Waals surface area contributed by atoms with Gasteiger partial charge in [-0.25, -0.2) is 0 Å². The molecule has 0 saturated carbocycles. The molecule has 0 bridgehead atoms. The molecule has 1 N–H and O–H groups in total. The van der Waals surface area contributed by atoms with Crippen molar-refractivity contribution in [2.24, 2.45) is 4.99 Å². The molecule has 86 valence electrons. The summed E-state index contributed by atoms with van der Waals surface area (Å²) >= 11 is 5.78. The first-order valence-electron chi connectivity index (χ1n) is 4.91. The molecule has 0 fully saturated rings. The minimum Gasteiger partial charge on any atom is -0.478 e. The topological polar surface area (TPSA) is 48.7 Å². The van der Waals surface area contributed by atoms with Gasteiger partial charge in [0.05, 0.1) is 22.3 Å². The van der Waals surface area contributed by atoms with Crippen LogP contribution in [0.3, 0.4) is 0 Å². The van der Waals surface area contributed by atoms with E-state index in [1.807, 2.05) is 24.1 Å². The first-order valence-corrected chi connectivity index (χ1v) is 6.91. The van der Waals surface area contributed by atoms with E-state index >= 15 is 0 Å². The van der Waals surface area contributed by atoms with E-state index < -0.39 is 0 Å². The molecule has 6 heteroatoms. The molecule has 2 aliphatic rings. The summed E-state index contributed by atoms with van der Waals surface area (Å²) in [6.07, 6.45) is 3.84. The molecule has 0 spiro atoms. The van der Waals surface area contributed by atoms with Gasteiger partial charge in [0.2, 0.25) is 5.90 Å². The van der Waals surface area contributed by atoms with Crippen LogP contribution in [0.25, 0.3) is 0 Å². The number of aliphatic imine (C=N–C) groups is 1. The van der Waals surface area contributed by atoms with Crippen LogP contribution in [0, 0.1) is 5.41 Å². The van der Waals surface area contributed by atoms with Crippen LogP contribution in [0.15, 0.2) is 26.4 Å². The summed E-state index contributed by atoms with van der Waals surface area (Å²) < 4.78 is 6.24. The van der Waals surface area contributed by atoms with Gasteiger partial charge in [0.25, 0.3) is 0 Å². The molecular weight excluding hydrogens is 385 g/mol. The van der Waals surface area contributed by atoms with E-state index in [1.54, 1.807) is 0 Å². The zero-order chi connectivity index (χ0) is 11.7. The van der Waals surface area contributed by atoms with E-state index in [0.717, 1.165) is 21.5 Å². The van der Waals surface area contributed by atoms with Crippen LogP contribution in [0.2, 0.25) is 0 Å². The Labute approximate surface area is 116 Å². The van der Waals surface area contributed by atoms with E-state index in [-0.39, 0.29) is 10.8 Å². The van der Waals surface area contributed by atoms with Crippen LogP contribution in [0.5, 0.6) is 0 Å². The van der Waals surface area contributed by atoms with Crippen molar-refractivity contribution in [1.29, 1.82) is 5.41 Å². The maximum atomic E-state index is 7.77. The van der Waals surface area contributed by atoms with Crippen molar-refractivity contribution in [3.05, 3.63) is 21.4 Å². The van der Waals surface area contributed by atoms with Crippen LogP contribution in [-0.2, 0) is 4.74 Å². The minimum atomic E-state index is 0.186. The number of rotatable bonds is 2. The van der Waals surface area contributed by atoms with E-state index in [9.17, 15) is 0 Å². The van der Waals surface area contributed by atoms with Crippen molar-refractivity contribution in [3.8, 4) is 0 Å². The molecule has 4 nitrogen and oxygen atoms in total. The van der Waals surface area contributed by atoms with Gasteiger partial charge in [0.1, 0.15) is 10.8 Å². The van der Waals surface area contributed by atoms with Gasteiger partial charge in [0, 0.05) is 6.20 Å². The van der Waals surface area contributed by atoms with Gasteiger partial charge in [0.15, 0.2) is 0 Å². The standard InChI is InChI=1S/C10H11BrIN3O/c1-2-16-9(13)6-3-7(12)10-14-4-8(11)15(10)5-6/h3,5,8,13H,2,4H2,1H3. The van der Waals surface area contributed by atoms with Crippen LogP contribution in [-0.4, -0.2) is 34.7 Å². The molecule has 2 heterocycles. The Morgan fingerprint density at radius 2 is 2.56 bits per heavy atom. The minimum absolute atomic E-state index is 0.186. The third-order valence-electron chi connectivity index (χ3n) is 2.26. The van der Waals surface area contributed by atoms with Crippen molar-refractivity contribution in [3.63, 3.8) is 0 Å². The van der Waals surface area contributed by atoms with E-state index in [2.05, 4.69) is 43.5 Å². The van der Waals surface area contributed by atoms with E-state index in [4.69, 9.17) is 10.1 Å². The summed E-state index contributed by atoms with van der Waals surface area (Å²) in [5, 5.41) is 7.77. The highest BCUT2D eigenvalue weighted by atomic mass is 127. The molecular formula is C10H11BrIN3O. The lowest BCUT2D eigenvalue weighted by molar-refractivity contribution is 0.325. The van der Waals surface area contributed by atoms with Crippen molar-refractivity contribution >= 4 is 50.3 Å². The molecule has 0 saturated heterocycles. The van der Waals surface area contributed by atoms with Crippen LogP contribution in [0.4, 0.5) is 0 Å². The van der Waals surface area contributed by atoms with Gasteiger partial charge < -0.3 is 9.64 Å². The average Bonchev–Trinajstić information content (AvgIpc) is 2.61. The normalized spacial score (nSPS) is 23.3. The van der Waals surface area contributed by atoms with Gasteiger partial charge in [-0.3, -0.25) is 10.4 Å². The Morgan fingerprint density at radius 3 is 3.25 bits per heavy atom. The molecule has 1 atom stereocenters. The first-order chi connectivity index (χ1) is 7.63. The molecule has 0 radical (unpaired) electrons. The fraction of sp³-hybridized carbons (Fsp3) is 0.400. The molecule has 0 aliphatic carbocycles. The zero-order valence-corrected chi connectivity index (χ0v) is 12.4. The molecule has 16 heavy (non-hydrogen) atoms. The Kier molecular flexibility index (Phi) is 3.68.